The molecule has 0 saturated carbocycles. The molecule has 13 heteroatoms. The summed E-state index contributed by atoms with van der Waals surface area (Å²) in [5, 5.41) is 38.2. The number of primary amides is 1. The molecule has 0 radical (unpaired) electrons. The first-order chi connectivity index (χ1) is 11.6. The van der Waals surface area contributed by atoms with Gasteiger partial charge in [0.2, 0.25) is 17.7 Å². The van der Waals surface area contributed by atoms with Crippen LogP contribution >= 0.6 is 0 Å². The average Bonchev–Trinajstić information content (AvgIpc) is 2.97. The maximum Gasteiger partial charge on any atom is 0.328 e. The Hall–Kier alpha value is -2.77. The largest absolute Gasteiger partial charge is 0.480 e. The third-order valence-electron chi connectivity index (χ3n) is 2.47. The van der Waals surface area contributed by atoms with E-state index in [0.29, 0.717) is 0 Å². The number of carboxylic acids is 1. The Bertz CT molecular complexity index is 572. The molecule has 3 amide bonds. The topological polar surface area (TPSA) is 227 Å². The third-order valence-corrected chi connectivity index (χ3v) is 2.47. The summed E-state index contributed by atoms with van der Waals surface area (Å²) in [6.07, 6.45) is -0.879. The molecule has 1 rings (SSSR count). The maximum absolute atomic E-state index is 11.4. The van der Waals surface area contributed by atoms with Gasteiger partial charge in [-0.1, -0.05) is 0 Å². The van der Waals surface area contributed by atoms with Crippen LogP contribution in [0.5, 0.6) is 0 Å². The van der Waals surface area contributed by atoms with E-state index in [1.54, 1.807) is 0 Å². The highest BCUT2D eigenvalue weighted by Gasteiger charge is 2.21. The van der Waals surface area contributed by atoms with Gasteiger partial charge in [-0.2, -0.15) is 0 Å². The van der Waals surface area contributed by atoms with Gasteiger partial charge in [-0.15, -0.1) is 10.2 Å². The molecule has 0 aliphatic carbocycles. The van der Waals surface area contributed by atoms with Crippen molar-refractivity contribution in [2.24, 2.45) is 11.5 Å². The Morgan fingerprint density at radius 2 is 1.88 bits per heavy atom. The lowest BCUT2D eigenvalue weighted by Gasteiger charge is -2.11. The minimum absolute atomic E-state index is 0.0148. The number of urea groups is 1. The molecule has 0 spiro atoms. The van der Waals surface area contributed by atoms with Gasteiger partial charge in [-0.25, -0.2) is 9.59 Å². The van der Waals surface area contributed by atoms with E-state index in [0.717, 1.165) is 0 Å². The Morgan fingerprint density at radius 1 is 1.32 bits per heavy atom. The van der Waals surface area contributed by atoms with Crippen LogP contribution in [0.4, 0.5) is 4.79 Å². The van der Waals surface area contributed by atoms with Crippen LogP contribution in [-0.2, 0) is 16.1 Å². The fraction of sp³-hybridized carbons (Fsp3) is 0.583. The minimum Gasteiger partial charge on any atom is -0.480 e. The SMILES string of the molecule is CC(N)=O.CC(O)C(N)c1nnc(CNC(=O)N[C@@H](CO)C(=O)O)o1. The van der Waals surface area contributed by atoms with Crippen molar-refractivity contribution in [2.45, 2.75) is 38.6 Å². The van der Waals surface area contributed by atoms with Gasteiger partial charge in [0.1, 0.15) is 6.04 Å². The molecule has 2 unspecified atom stereocenters. The molecule has 1 aromatic rings. The Labute approximate surface area is 142 Å². The lowest BCUT2D eigenvalue weighted by molar-refractivity contribution is -0.140. The summed E-state index contributed by atoms with van der Waals surface area (Å²) in [6, 6.07) is -3.08. The molecule has 0 aliphatic rings. The first kappa shape index (κ1) is 22.2. The Kier molecular flexibility index (Phi) is 9.69. The number of aliphatic carboxylic acids is 1. The molecule has 25 heavy (non-hydrogen) atoms. The molecule has 0 fully saturated rings. The number of carbonyl (C=O) groups excluding carboxylic acids is 2. The number of nitrogens with one attached hydrogen (secondary N) is 2. The number of carboxylic acid groups (broad SMARTS) is 1. The van der Waals surface area contributed by atoms with E-state index < -0.39 is 36.8 Å². The number of rotatable bonds is 7. The smallest absolute Gasteiger partial charge is 0.328 e. The van der Waals surface area contributed by atoms with Crippen molar-refractivity contribution in [1.29, 1.82) is 0 Å². The van der Waals surface area contributed by atoms with Crippen molar-refractivity contribution < 1.29 is 34.1 Å². The van der Waals surface area contributed by atoms with Crippen LogP contribution in [0.15, 0.2) is 4.42 Å². The van der Waals surface area contributed by atoms with Crippen LogP contribution in [0.1, 0.15) is 31.7 Å². The van der Waals surface area contributed by atoms with Crippen LogP contribution in [0, 0.1) is 0 Å². The number of carbonyl (C=O) groups is 3. The molecule has 1 aromatic heterocycles. The highest BCUT2D eigenvalue weighted by atomic mass is 16.4. The van der Waals surface area contributed by atoms with Crippen LogP contribution in [0.25, 0.3) is 0 Å². The predicted molar refractivity (Wildman–Crippen MR) is 81.7 cm³/mol. The van der Waals surface area contributed by atoms with Gasteiger partial charge < -0.3 is 41.8 Å². The van der Waals surface area contributed by atoms with Crippen molar-refractivity contribution in [3.63, 3.8) is 0 Å². The van der Waals surface area contributed by atoms with Crippen molar-refractivity contribution in [3.8, 4) is 0 Å². The number of nitrogens with two attached hydrogens (primary N) is 2. The molecule has 0 aromatic carbocycles. The summed E-state index contributed by atoms with van der Waals surface area (Å²) in [6.45, 7) is 1.86. The van der Waals surface area contributed by atoms with E-state index in [1.165, 1.54) is 13.8 Å². The molecule has 0 aliphatic heterocycles. The molecule has 0 bridgehead atoms. The zero-order valence-electron chi connectivity index (χ0n) is 13.7. The van der Waals surface area contributed by atoms with E-state index in [9.17, 15) is 19.5 Å². The Morgan fingerprint density at radius 3 is 2.32 bits per heavy atom. The first-order valence-electron chi connectivity index (χ1n) is 6.98. The van der Waals surface area contributed by atoms with E-state index in [4.69, 9.17) is 20.4 Å². The van der Waals surface area contributed by atoms with Gasteiger partial charge in [0.15, 0.2) is 6.04 Å². The highest BCUT2D eigenvalue weighted by Crippen LogP contribution is 2.12. The summed E-state index contributed by atoms with van der Waals surface area (Å²) in [5.41, 5.74) is 10.1. The molecule has 3 atom stereocenters. The zero-order valence-corrected chi connectivity index (χ0v) is 13.7. The summed E-state index contributed by atoms with van der Waals surface area (Å²) in [5.74, 6) is -1.65. The van der Waals surface area contributed by atoms with Crippen molar-refractivity contribution in [3.05, 3.63) is 11.8 Å². The van der Waals surface area contributed by atoms with Gasteiger partial charge in [-0.3, -0.25) is 4.79 Å². The number of aliphatic hydroxyl groups excluding tert-OH is 2. The number of amides is 3. The molecule has 9 N–H and O–H groups in total. The maximum atomic E-state index is 11.4. The van der Waals surface area contributed by atoms with Gasteiger partial charge in [0.05, 0.1) is 19.3 Å². The third kappa shape index (κ3) is 9.19. The number of hydrogen-bond acceptors (Lipinski definition) is 9. The van der Waals surface area contributed by atoms with Crippen LogP contribution < -0.4 is 22.1 Å². The number of hydrogen-bond donors (Lipinski definition) is 7. The van der Waals surface area contributed by atoms with Crippen molar-refractivity contribution in [1.82, 2.24) is 20.8 Å². The minimum atomic E-state index is -1.41. The second-order valence-electron chi connectivity index (χ2n) is 4.81. The van der Waals surface area contributed by atoms with Crippen LogP contribution in [0.2, 0.25) is 0 Å². The lowest BCUT2D eigenvalue weighted by atomic mass is 10.2. The van der Waals surface area contributed by atoms with Gasteiger partial charge in [-0.05, 0) is 6.92 Å². The summed E-state index contributed by atoms with van der Waals surface area (Å²) < 4.78 is 5.12. The van der Waals surface area contributed by atoms with Crippen LogP contribution in [0.3, 0.4) is 0 Å². The molecule has 142 valence electrons. The predicted octanol–water partition coefficient (Wildman–Crippen LogP) is -2.81. The molecule has 1 heterocycles. The zero-order chi connectivity index (χ0) is 19.6. The first-order valence-corrected chi connectivity index (χ1v) is 6.98. The van der Waals surface area contributed by atoms with E-state index in [-0.39, 0.29) is 24.2 Å². The number of nitrogens with zero attached hydrogens (tertiary/aromatic N) is 2. The normalized spacial score (nSPS) is 13.6. The fourth-order valence-corrected chi connectivity index (χ4v) is 1.23. The summed E-state index contributed by atoms with van der Waals surface area (Å²) >= 11 is 0. The van der Waals surface area contributed by atoms with E-state index in [1.807, 2.05) is 5.32 Å². The van der Waals surface area contributed by atoms with Crippen molar-refractivity contribution >= 4 is 17.9 Å². The standard InChI is InChI=1S/C10H17N5O6.C2H5NO/c1-4(17)7(11)8-15-14-6(21-8)2-12-10(20)13-5(3-16)9(18)19;1-2(3)4/h4-5,7,16-17H,2-3,11H2,1H3,(H,18,19)(H2,12,13,20);1H3,(H2,3,4)/t4?,5-,7?;/m0./s1. The van der Waals surface area contributed by atoms with Gasteiger partial charge in [0.25, 0.3) is 0 Å². The molecular formula is C12H22N6O7. The number of aliphatic hydroxyl groups is 2. The average molecular weight is 362 g/mol. The van der Waals surface area contributed by atoms with Gasteiger partial charge in [0, 0.05) is 6.92 Å². The highest BCUT2D eigenvalue weighted by molar-refractivity contribution is 5.82. The monoisotopic (exact) mass is 362 g/mol. The second kappa shape index (κ2) is 10.9. The van der Waals surface area contributed by atoms with E-state index in [2.05, 4.69) is 21.2 Å². The molecule has 0 saturated heterocycles. The van der Waals surface area contributed by atoms with Gasteiger partial charge >= 0.3 is 12.0 Å². The summed E-state index contributed by atoms with van der Waals surface area (Å²) in [7, 11) is 0. The fourth-order valence-electron chi connectivity index (χ4n) is 1.23. The summed E-state index contributed by atoms with van der Waals surface area (Å²) in [4.78, 5) is 31.2. The van der Waals surface area contributed by atoms with Crippen molar-refractivity contribution in [2.75, 3.05) is 6.61 Å². The number of aromatic nitrogens is 2. The quantitative estimate of drug-likeness (QED) is 0.263. The lowest BCUT2D eigenvalue weighted by Crippen LogP contribution is -2.47. The van der Waals surface area contributed by atoms with E-state index >= 15 is 0 Å². The Balaban J connectivity index is 0.00000129. The van der Waals surface area contributed by atoms with Crippen LogP contribution in [-0.4, -0.2) is 62.2 Å². The second-order valence-corrected chi connectivity index (χ2v) is 4.81. The molecular weight excluding hydrogens is 340 g/mol. The molecule has 13 nitrogen and oxygen atoms in total.